The second kappa shape index (κ2) is 6.03. The lowest BCUT2D eigenvalue weighted by atomic mass is 10.1. The summed E-state index contributed by atoms with van der Waals surface area (Å²) in [4.78, 5) is 4.52. The van der Waals surface area contributed by atoms with Crippen molar-refractivity contribution in [3.63, 3.8) is 0 Å². The second-order valence-corrected chi connectivity index (χ2v) is 5.44. The van der Waals surface area contributed by atoms with Crippen molar-refractivity contribution in [2.24, 2.45) is 5.73 Å². The maximum Gasteiger partial charge on any atom is 0.187 e. The van der Waals surface area contributed by atoms with Gasteiger partial charge in [-0.2, -0.15) is 0 Å². The van der Waals surface area contributed by atoms with Crippen molar-refractivity contribution >= 4 is 22.2 Å². The molecule has 0 atom stereocenters. The Balaban J connectivity index is 1.82. The predicted molar refractivity (Wildman–Crippen MR) is 85.1 cm³/mol. The van der Waals surface area contributed by atoms with Crippen LogP contribution in [0.1, 0.15) is 5.56 Å². The van der Waals surface area contributed by atoms with E-state index in [0.717, 1.165) is 22.0 Å². The molecular formula is C16H14FN3S. The Hall–Kier alpha value is -2.24. The Morgan fingerprint density at radius 2 is 2.00 bits per heavy atom. The first-order chi connectivity index (χ1) is 10.2. The van der Waals surface area contributed by atoms with E-state index in [1.807, 2.05) is 29.6 Å². The average molecular weight is 299 g/mol. The van der Waals surface area contributed by atoms with Crippen molar-refractivity contribution in [2.45, 2.75) is 6.54 Å². The molecule has 0 spiro atoms. The van der Waals surface area contributed by atoms with Crippen molar-refractivity contribution in [1.29, 1.82) is 0 Å². The molecule has 3 nitrogen and oxygen atoms in total. The molecule has 106 valence electrons. The first-order valence-corrected chi connectivity index (χ1v) is 7.40. The van der Waals surface area contributed by atoms with E-state index in [-0.39, 0.29) is 5.82 Å². The van der Waals surface area contributed by atoms with Crippen LogP contribution in [-0.2, 0) is 6.54 Å². The lowest BCUT2D eigenvalue weighted by Gasteiger charge is -2.02. The number of rotatable bonds is 4. The monoisotopic (exact) mass is 299 g/mol. The molecule has 0 bridgehead atoms. The second-order valence-electron chi connectivity index (χ2n) is 4.58. The molecule has 0 fully saturated rings. The number of thiazole rings is 1. The zero-order chi connectivity index (χ0) is 14.7. The van der Waals surface area contributed by atoms with Gasteiger partial charge in [0.15, 0.2) is 5.13 Å². The maximum atomic E-state index is 13.2. The van der Waals surface area contributed by atoms with Crippen LogP contribution in [0.4, 0.5) is 15.2 Å². The zero-order valence-corrected chi connectivity index (χ0v) is 12.0. The van der Waals surface area contributed by atoms with Crippen molar-refractivity contribution in [1.82, 2.24) is 4.98 Å². The highest BCUT2D eigenvalue weighted by atomic mass is 32.1. The third-order valence-electron chi connectivity index (χ3n) is 3.04. The van der Waals surface area contributed by atoms with E-state index in [4.69, 9.17) is 5.73 Å². The molecule has 3 N–H and O–H groups in total. The average Bonchev–Trinajstić information content (AvgIpc) is 2.96. The van der Waals surface area contributed by atoms with Crippen LogP contribution < -0.4 is 11.1 Å². The molecule has 0 aliphatic heterocycles. The van der Waals surface area contributed by atoms with Crippen LogP contribution in [0.3, 0.4) is 0 Å². The van der Waals surface area contributed by atoms with Gasteiger partial charge >= 0.3 is 0 Å². The Morgan fingerprint density at radius 1 is 1.14 bits per heavy atom. The van der Waals surface area contributed by atoms with Crippen molar-refractivity contribution in [2.75, 3.05) is 5.32 Å². The van der Waals surface area contributed by atoms with Crippen LogP contribution in [0, 0.1) is 5.82 Å². The number of hydrogen-bond donors (Lipinski definition) is 2. The van der Waals surface area contributed by atoms with E-state index >= 15 is 0 Å². The molecular weight excluding hydrogens is 285 g/mol. The first kappa shape index (κ1) is 13.7. The minimum atomic E-state index is -0.271. The number of nitrogens with one attached hydrogen (secondary N) is 1. The van der Waals surface area contributed by atoms with Crippen molar-refractivity contribution in [3.05, 3.63) is 65.3 Å². The highest BCUT2D eigenvalue weighted by Crippen LogP contribution is 2.27. The summed E-state index contributed by atoms with van der Waals surface area (Å²) in [6.07, 6.45) is 0. The highest BCUT2D eigenvalue weighted by Gasteiger charge is 2.06. The molecule has 0 saturated heterocycles. The summed E-state index contributed by atoms with van der Waals surface area (Å²) in [6, 6.07) is 14.3. The SMILES string of the molecule is NCc1cccc(-c2csc(Nc3cccc(F)c3)n2)c1. The number of anilines is 2. The van der Waals surface area contributed by atoms with Crippen molar-refractivity contribution < 1.29 is 4.39 Å². The summed E-state index contributed by atoms with van der Waals surface area (Å²) >= 11 is 1.48. The fourth-order valence-electron chi connectivity index (χ4n) is 2.01. The molecule has 0 saturated carbocycles. The predicted octanol–water partition coefficient (Wildman–Crippen LogP) is 4.15. The fourth-order valence-corrected chi connectivity index (χ4v) is 2.75. The summed E-state index contributed by atoms with van der Waals surface area (Å²) < 4.78 is 13.2. The van der Waals surface area contributed by atoms with E-state index in [0.29, 0.717) is 12.2 Å². The van der Waals surface area contributed by atoms with Crippen LogP contribution in [0.25, 0.3) is 11.3 Å². The zero-order valence-electron chi connectivity index (χ0n) is 11.2. The molecule has 21 heavy (non-hydrogen) atoms. The van der Waals surface area contributed by atoms with Gasteiger partial charge in [-0.15, -0.1) is 11.3 Å². The van der Waals surface area contributed by atoms with Gasteiger partial charge in [0.2, 0.25) is 0 Å². The number of hydrogen-bond acceptors (Lipinski definition) is 4. The van der Waals surface area contributed by atoms with Gasteiger partial charge in [0.25, 0.3) is 0 Å². The minimum Gasteiger partial charge on any atom is -0.331 e. The smallest absolute Gasteiger partial charge is 0.187 e. The molecule has 1 heterocycles. The molecule has 0 aliphatic carbocycles. The standard InChI is InChI=1S/C16H14FN3S/c17-13-5-2-6-14(8-13)19-16-20-15(10-21-16)12-4-1-3-11(7-12)9-18/h1-8,10H,9,18H2,(H,19,20). The number of aromatic nitrogens is 1. The van der Waals surface area contributed by atoms with Crippen LogP contribution in [0.2, 0.25) is 0 Å². The molecule has 0 aliphatic rings. The Morgan fingerprint density at radius 3 is 2.81 bits per heavy atom. The molecule has 3 rings (SSSR count). The fraction of sp³-hybridized carbons (Fsp3) is 0.0625. The van der Waals surface area contributed by atoms with E-state index in [1.165, 1.54) is 23.5 Å². The number of nitrogens with zero attached hydrogens (tertiary/aromatic N) is 1. The van der Waals surface area contributed by atoms with Gasteiger partial charge in [0, 0.05) is 23.2 Å². The van der Waals surface area contributed by atoms with Crippen LogP contribution >= 0.6 is 11.3 Å². The molecule has 0 radical (unpaired) electrons. The van der Waals surface area contributed by atoms with Crippen molar-refractivity contribution in [3.8, 4) is 11.3 Å². The number of nitrogens with two attached hydrogens (primary N) is 1. The van der Waals surface area contributed by atoms with Crippen LogP contribution in [0.15, 0.2) is 53.9 Å². The van der Waals surface area contributed by atoms with E-state index in [9.17, 15) is 4.39 Å². The normalized spacial score (nSPS) is 10.6. The molecule has 0 amide bonds. The number of halogens is 1. The maximum absolute atomic E-state index is 13.2. The molecule has 0 unspecified atom stereocenters. The van der Waals surface area contributed by atoms with Gasteiger partial charge in [-0.3, -0.25) is 0 Å². The summed E-state index contributed by atoms with van der Waals surface area (Å²) in [6.45, 7) is 0.506. The van der Waals surface area contributed by atoms with E-state index < -0.39 is 0 Å². The van der Waals surface area contributed by atoms with Gasteiger partial charge in [-0.25, -0.2) is 9.37 Å². The van der Waals surface area contributed by atoms with Crippen LogP contribution in [-0.4, -0.2) is 4.98 Å². The van der Waals surface area contributed by atoms with Gasteiger partial charge < -0.3 is 11.1 Å². The van der Waals surface area contributed by atoms with Gasteiger partial charge in [-0.1, -0.05) is 24.3 Å². The molecule has 1 aromatic heterocycles. The Bertz CT molecular complexity index is 755. The van der Waals surface area contributed by atoms with Gasteiger partial charge in [0.1, 0.15) is 5.82 Å². The molecule has 2 aromatic carbocycles. The minimum absolute atomic E-state index is 0.271. The Labute approximate surface area is 126 Å². The third-order valence-corrected chi connectivity index (χ3v) is 3.80. The van der Waals surface area contributed by atoms with Gasteiger partial charge in [-0.05, 0) is 29.8 Å². The highest BCUT2D eigenvalue weighted by molar-refractivity contribution is 7.14. The lowest BCUT2D eigenvalue weighted by Crippen LogP contribution is -1.95. The Kier molecular flexibility index (Phi) is 3.94. The third kappa shape index (κ3) is 3.26. The first-order valence-electron chi connectivity index (χ1n) is 6.52. The summed E-state index contributed by atoms with van der Waals surface area (Å²) in [5.74, 6) is -0.271. The molecule has 5 heteroatoms. The van der Waals surface area contributed by atoms with E-state index in [2.05, 4.69) is 10.3 Å². The summed E-state index contributed by atoms with van der Waals surface area (Å²) in [5.41, 5.74) is 9.32. The largest absolute Gasteiger partial charge is 0.331 e. The van der Waals surface area contributed by atoms with Gasteiger partial charge in [0.05, 0.1) is 5.69 Å². The lowest BCUT2D eigenvalue weighted by molar-refractivity contribution is 0.628. The molecule has 3 aromatic rings. The number of benzene rings is 2. The summed E-state index contributed by atoms with van der Waals surface area (Å²) in [7, 11) is 0. The summed E-state index contributed by atoms with van der Waals surface area (Å²) in [5, 5.41) is 5.81. The quantitative estimate of drug-likeness (QED) is 0.761. The topological polar surface area (TPSA) is 50.9 Å². The van der Waals surface area contributed by atoms with E-state index in [1.54, 1.807) is 12.1 Å². The van der Waals surface area contributed by atoms with Crippen LogP contribution in [0.5, 0.6) is 0 Å².